The normalized spacial score (nSPS) is 12.3. The molecule has 1 aliphatic rings. The third kappa shape index (κ3) is 5.52. The zero-order valence-corrected chi connectivity index (χ0v) is 18.8. The molecule has 3 aromatic rings. The number of aliphatic carboxylic acids is 1. The topological polar surface area (TPSA) is 117 Å². The molecule has 4 rings (SSSR count). The highest BCUT2D eigenvalue weighted by Crippen LogP contribution is 2.39. The van der Waals surface area contributed by atoms with Crippen molar-refractivity contribution in [2.24, 2.45) is 0 Å². The number of rotatable bonds is 9. The van der Waals surface area contributed by atoms with Crippen molar-refractivity contribution in [1.82, 2.24) is 0 Å². The Kier molecular flexibility index (Phi) is 7.15. The lowest BCUT2D eigenvalue weighted by Crippen LogP contribution is -2.42. The zero-order valence-electron chi connectivity index (χ0n) is 18.8. The monoisotopic (exact) mass is 476 g/mol. The van der Waals surface area contributed by atoms with Crippen molar-refractivity contribution in [2.45, 2.75) is 0 Å². The van der Waals surface area contributed by atoms with Crippen molar-refractivity contribution in [3.63, 3.8) is 0 Å². The maximum absolute atomic E-state index is 13.4. The summed E-state index contributed by atoms with van der Waals surface area (Å²) in [7, 11) is 0. The van der Waals surface area contributed by atoms with E-state index in [1.165, 1.54) is 12.1 Å². The largest absolute Gasteiger partial charge is 0.486 e. The number of carboxylic acids is 2. The molecule has 0 atom stereocenters. The Morgan fingerprint density at radius 1 is 0.943 bits per heavy atom. The Hall–Kier alpha value is -4.53. The van der Waals surface area contributed by atoms with Gasteiger partial charge in [-0.25, -0.2) is 9.59 Å². The average molecular weight is 476 g/mol. The molecule has 0 fully saturated rings. The molecule has 1 heterocycles. The summed E-state index contributed by atoms with van der Waals surface area (Å²) in [6, 6.07) is 20.3. The summed E-state index contributed by atoms with van der Waals surface area (Å²) in [5, 5.41) is 18.4. The summed E-state index contributed by atoms with van der Waals surface area (Å²) in [4.78, 5) is 39.4. The van der Waals surface area contributed by atoms with Gasteiger partial charge in [0, 0.05) is 24.3 Å². The van der Waals surface area contributed by atoms with Crippen molar-refractivity contribution in [1.29, 1.82) is 0 Å². The molecule has 1 aliphatic heterocycles. The van der Waals surface area contributed by atoms with E-state index in [0.29, 0.717) is 42.4 Å². The zero-order chi connectivity index (χ0) is 24.8. The van der Waals surface area contributed by atoms with E-state index in [0.717, 1.165) is 5.69 Å². The number of ether oxygens (including phenoxy) is 2. The van der Waals surface area contributed by atoms with Gasteiger partial charge >= 0.3 is 11.9 Å². The quantitative estimate of drug-likeness (QED) is 0.483. The second-order valence-corrected chi connectivity index (χ2v) is 7.80. The number of aromatic carboxylic acids is 1. The summed E-state index contributed by atoms with van der Waals surface area (Å²) in [5.41, 5.74) is 1.78. The number of hydrogen-bond acceptors (Lipinski definition) is 6. The first-order valence-corrected chi connectivity index (χ1v) is 11.0. The number of carbonyl (C=O) groups is 3. The lowest BCUT2D eigenvalue weighted by Gasteiger charge is -2.34. The minimum Gasteiger partial charge on any atom is -0.486 e. The first-order chi connectivity index (χ1) is 16.9. The fourth-order valence-electron chi connectivity index (χ4n) is 3.87. The third-order valence-electron chi connectivity index (χ3n) is 5.52. The first-order valence-electron chi connectivity index (χ1n) is 11.0. The van der Waals surface area contributed by atoms with Crippen LogP contribution >= 0.6 is 0 Å². The van der Waals surface area contributed by atoms with E-state index in [1.807, 2.05) is 17.0 Å². The summed E-state index contributed by atoms with van der Waals surface area (Å²) >= 11 is 0. The van der Waals surface area contributed by atoms with Crippen LogP contribution in [0.1, 0.15) is 20.7 Å². The number of anilines is 2. The molecule has 9 nitrogen and oxygen atoms in total. The van der Waals surface area contributed by atoms with E-state index in [9.17, 15) is 19.5 Å². The molecule has 35 heavy (non-hydrogen) atoms. The Balaban J connectivity index is 1.60. The van der Waals surface area contributed by atoms with Gasteiger partial charge < -0.3 is 29.5 Å². The van der Waals surface area contributed by atoms with E-state index in [-0.39, 0.29) is 18.0 Å². The van der Waals surface area contributed by atoms with E-state index < -0.39 is 18.5 Å². The van der Waals surface area contributed by atoms with Gasteiger partial charge in [-0.15, -0.1) is 0 Å². The lowest BCUT2D eigenvalue weighted by molar-refractivity contribution is -0.139. The van der Waals surface area contributed by atoms with Crippen LogP contribution in [0.25, 0.3) is 0 Å². The molecule has 0 spiro atoms. The molecule has 9 heteroatoms. The predicted molar refractivity (Wildman–Crippen MR) is 129 cm³/mol. The summed E-state index contributed by atoms with van der Waals surface area (Å²) in [5.74, 6) is -1.63. The number of nitrogens with zero attached hydrogens (tertiary/aromatic N) is 2. The van der Waals surface area contributed by atoms with Gasteiger partial charge in [0.2, 0.25) is 0 Å². The molecule has 0 unspecified atom stereocenters. The van der Waals surface area contributed by atoms with Crippen LogP contribution in [0.15, 0.2) is 72.8 Å². The van der Waals surface area contributed by atoms with Gasteiger partial charge in [-0.3, -0.25) is 4.79 Å². The lowest BCUT2D eigenvalue weighted by atomic mass is 10.1. The Morgan fingerprint density at radius 3 is 2.43 bits per heavy atom. The summed E-state index contributed by atoms with van der Waals surface area (Å²) in [6.07, 6.45) is 0. The SMILES string of the molecule is O=C(O)COc1cccc2c1OCCN2CCN(C(=O)c1ccccc1)c1cccc(C(=O)O)c1. The van der Waals surface area contributed by atoms with Crippen LogP contribution in [0, 0.1) is 0 Å². The van der Waals surface area contributed by atoms with Crippen molar-refractivity contribution in [3.05, 3.63) is 83.9 Å². The number of hydrogen-bond donors (Lipinski definition) is 2. The molecular weight excluding hydrogens is 452 g/mol. The fraction of sp³-hybridized carbons (Fsp3) is 0.192. The highest BCUT2D eigenvalue weighted by molar-refractivity contribution is 6.06. The van der Waals surface area contributed by atoms with Gasteiger partial charge in [0.15, 0.2) is 18.1 Å². The Labute approximate surface area is 201 Å². The number of carbonyl (C=O) groups excluding carboxylic acids is 1. The number of benzene rings is 3. The van der Waals surface area contributed by atoms with Crippen molar-refractivity contribution < 1.29 is 34.1 Å². The number of amides is 1. The van der Waals surface area contributed by atoms with Crippen LogP contribution < -0.4 is 19.3 Å². The van der Waals surface area contributed by atoms with Gasteiger partial charge in [0.1, 0.15) is 6.61 Å². The molecule has 0 bridgehead atoms. The van der Waals surface area contributed by atoms with Crippen molar-refractivity contribution in [3.8, 4) is 11.5 Å². The summed E-state index contributed by atoms with van der Waals surface area (Å²) < 4.78 is 11.1. The second kappa shape index (κ2) is 10.6. The molecule has 2 N–H and O–H groups in total. The van der Waals surface area contributed by atoms with Crippen molar-refractivity contribution >= 4 is 29.2 Å². The van der Waals surface area contributed by atoms with E-state index in [2.05, 4.69) is 0 Å². The van der Waals surface area contributed by atoms with Crippen LogP contribution in [-0.2, 0) is 4.79 Å². The van der Waals surface area contributed by atoms with Gasteiger partial charge in [-0.1, -0.05) is 30.3 Å². The van der Waals surface area contributed by atoms with Gasteiger partial charge in [0.25, 0.3) is 5.91 Å². The van der Waals surface area contributed by atoms with Crippen LogP contribution in [0.4, 0.5) is 11.4 Å². The molecule has 1 amide bonds. The molecular formula is C26H24N2O7. The molecule has 0 radical (unpaired) electrons. The van der Waals surface area contributed by atoms with Gasteiger partial charge in [-0.2, -0.15) is 0 Å². The van der Waals surface area contributed by atoms with Crippen LogP contribution in [0.5, 0.6) is 11.5 Å². The average Bonchev–Trinajstić information content (AvgIpc) is 2.88. The van der Waals surface area contributed by atoms with E-state index in [4.69, 9.17) is 14.6 Å². The number of carboxylic acid groups (broad SMARTS) is 2. The molecule has 0 aromatic heterocycles. The van der Waals surface area contributed by atoms with Gasteiger partial charge in [0.05, 0.1) is 17.8 Å². The molecule has 180 valence electrons. The van der Waals surface area contributed by atoms with E-state index >= 15 is 0 Å². The summed E-state index contributed by atoms with van der Waals surface area (Å²) in [6.45, 7) is 1.13. The van der Waals surface area contributed by atoms with Crippen LogP contribution in [0.2, 0.25) is 0 Å². The first kappa shape index (κ1) is 23.6. The highest BCUT2D eigenvalue weighted by Gasteiger charge is 2.25. The van der Waals surface area contributed by atoms with Crippen molar-refractivity contribution in [2.75, 3.05) is 42.6 Å². The maximum atomic E-state index is 13.4. The number of para-hydroxylation sites is 1. The minimum absolute atomic E-state index is 0.0882. The maximum Gasteiger partial charge on any atom is 0.341 e. The smallest absolute Gasteiger partial charge is 0.341 e. The standard InChI is InChI=1S/C26H24N2O7/c29-23(30)17-35-22-11-5-10-21-24(22)34-15-14-27(21)12-13-28(25(31)18-6-2-1-3-7-18)20-9-4-8-19(16-20)26(32)33/h1-11,16H,12-15,17H2,(H,29,30)(H,32,33). The van der Waals surface area contributed by atoms with E-state index in [1.54, 1.807) is 53.4 Å². The van der Waals surface area contributed by atoms with Gasteiger partial charge in [-0.05, 0) is 42.5 Å². The third-order valence-corrected chi connectivity index (χ3v) is 5.52. The van der Waals surface area contributed by atoms with Crippen LogP contribution in [0.3, 0.4) is 0 Å². The fourth-order valence-corrected chi connectivity index (χ4v) is 3.87. The highest BCUT2D eigenvalue weighted by atomic mass is 16.5. The molecule has 0 saturated carbocycles. The molecule has 0 aliphatic carbocycles. The van der Waals surface area contributed by atoms with Crippen LogP contribution in [-0.4, -0.2) is 60.9 Å². The minimum atomic E-state index is -1.09. The number of fused-ring (bicyclic) bond motifs is 1. The Bertz CT molecular complexity index is 1230. The Morgan fingerprint density at radius 2 is 1.69 bits per heavy atom. The predicted octanol–water partition coefficient (Wildman–Crippen LogP) is 3.39. The molecule has 0 saturated heterocycles. The second-order valence-electron chi connectivity index (χ2n) is 7.80. The molecule has 3 aromatic carbocycles.